The molecule has 0 aliphatic carbocycles. The van der Waals surface area contributed by atoms with Gasteiger partial charge in [-0.2, -0.15) is 4.98 Å². The predicted molar refractivity (Wildman–Crippen MR) is 150 cm³/mol. The summed E-state index contributed by atoms with van der Waals surface area (Å²) in [6.07, 6.45) is 6.06. The van der Waals surface area contributed by atoms with E-state index in [4.69, 9.17) is 28.9 Å². The van der Waals surface area contributed by atoms with Gasteiger partial charge in [0.2, 0.25) is 11.7 Å². The number of amides is 1. The summed E-state index contributed by atoms with van der Waals surface area (Å²) in [7, 11) is 4.75. The van der Waals surface area contributed by atoms with Crippen LogP contribution in [0.1, 0.15) is 44.9 Å². The number of anilines is 3. The van der Waals surface area contributed by atoms with Crippen LogP contribution in [-0.2, 0) is 17.7 Å². The second kappa shape index (κ2) is 11.1. The number of rotatable bonds is 7. The molecule has 214 valence electrons. The zero-order chi connectivity index (χ0) is 28.4. The molecule has 2 aromatic heterocycles. The molecule has 0 spiro atoms. The van der Waals surface area contributed by atoms with Crippen LogP contribution in [0.15, 0.2) is 24.7 Å². The number of benzene rings is 1. The highest BCUT2D eigenvalue weighted by atomic mass is 16.6. The lowest BCUT2D eigenvalue weighted by atomic mass is 10.1. The smallest absolute Gasteiger partial charge is 0.410 e. The van der Waals surface area contributed by atoms with E-state index in [9.17, 15) is 4.79 Å². The zero-order valence-electron chi connectivity index (χ0n) is 24.0. The van der Waals surface area contributed by atoms with Crippen LogP contribution >= 0.6 is 0 Å². The largest absolute Gasteiger partial charge is 0.493 e. The summed E-state index contributed by atoms with van der Waals surface area (Å²) in [4.78, 5) is 31.1. The van der Waals surface area contributed by atoms with Gasteiger partial charge in [-0.15, -0.1) is 0 Å². The maximum absolute atomic E-state index is 12.8. The number of methoxy groups -OCH3 is 3. The molecule has 3 aromatic rings. The van der Waals surface area contributed by atoms with Crippen LogP contribution in [0, 0.1) is 0 Å². The first kappa shape index (κ1) is 27.4. The Labute approximate surface area is 234 Å². The molecule has 1 N–H and O–H groups in total. The van der Waals surface area contributed by atoms with Crippen LogP contribution in [0.3, 0.4) is 0 Å². The highest BCUT2D eigenvalue weighted by Crippen LogP contribution is 2.39. The van der Waals surface area contributed by atoms with E-state index in [1.165, 1.54) is 0 Å². The van der Waals surface area contributed by atoms with Gasteiger partial charge in [0.15, 0.2) is 11.5 Å². The first-order chi connectivity index (χ1) is 19.2. The summed E-state index contributed by atoms with van der Waals surface area (Å²) in [5.74, 6) is 3.61. The van der Waals surface area contributed by atoms with Crippen LogP contribution in [-0.4, -0.2) is 77.1 Å². The quantitative estimate of drug-likeness (QED) is 0.455. The summed E-state index contributed by atoms with van der Waals surface area (Å²) < 4.78 is 23.9. The van der Waals surface area contributed by atoms with Crippen LogP contribution in [0.4, 0.5) is 22.4 Å². The topological polar surface area (TPSA) is 116 Å². The fourth-order valence-electron chi connectivity index (χ4n) is 4.93. The van der Waals surface area contributed by atoms with Crippen LogP contribution < -0.4 is 24.4 Å². The molecule has 0 saturated carbocycles. The molecule has 5 rings (SSSR count). The molecule has 40 heavy (non-hydrogen) atoms. The average Bonchev–Trinajstić information content (AvgIpc) is 3.64. The number of nitrogens with zero attached hydrogens (tertiary/aromatic N) is 6. The van der Waals surface area contributed by atoms with Crippen molar-refractivity contribution >= 4 is 23.7 Å². The van der Waals surface area contributed by atoms with Gasteiger partial charge < -0.3 is 38.6 Å². The number of imidazole rings is 1. The van der Waals surface area contributed by atoms with Gasteiger partial charge in [-0.05, 0) is 40.0 Å². The third-order valence-electron chi connectivity index (χ3n) is 6.87. The molecule has 1 aromatic carbocycles. The van der Waals surface area contributed by atoms with Gasteiger partial charge in [-0.3, -0.25) is 0 Å². The van der Waals surface area contributed by atoms with E-state index in [1.807, 2.05) is 43.7 Å². The predicted octanol–water partition coefficient (Wildman–Crippen LogP) is 4.33. The highest BCUT2D eigenvalue weighted by molar-refractivity contribution is 5.69. The molecule has 1 fully saturated rings. The van der Waals surface area contributed by atoms with Crippen molar-refractivity contribution in [1.82, 2.24) is 24.4 Å². The lowest BCUT2D eigenvalue weighted by Crippen LogP contribution is -2.40. The minimum absolute atomic E-state index is 0.335. The Hall–Kier alpha value is -4.22. The summed E-state index contributed by atoms with van der Waals surface area (Å²) in [6.45, 7) is 8.31. The highest BCUT2D eigenvalue weighted by Gasteiger charge is 2.30. The number of fused-ring (bicyclic) bond motifs is 1. The van der Waals surface area contributed by atoms with E-state index < -0.39 is 5.60 Å². The zero-order valence-corrected chi connectivity index (χ0v) is 24.0. The lowest BCUT2D eigenvalue weighted by molar-refractivity contribution is 0.0221. The molecule has 0 atom stereocenters. The molecule has 12 heteroatoms. The van der Waals surface area contributed by atoms with Gasteiger partial charge in [0.05, 0.1) is 45.5 Å². The van der Waals surface area contributed by atoms with Gasteiger partial charge in [-0.1, -0.05) is 0 Å². The molecule has 4 heterocycles. The molecule has 0 bridgehead atoms. The number of hydrogen-bond donors (Lipinski definition) is 1. The minimum Gasteiger partial charge on any atom is -0.493 e. The molecule has 0 radical (unpaired) electrons. The Morgan fingerprint density at radius 1 is 0.975 bits per heavy atom. The molecule has 0 unspecified atom stereocenters. The van der Waals surface area contributed by atoms with E-state index in [0.29, 0.717) is 54.3 Å². The summed E-state index contributed by atoms with van der Waals surface area (Å²) in [6, 6.07) is 3.71. The summed E-state index contributed by atoms with van der Waals surface area (Å²) in [5.41, 5.74) is 2.03. The van der Waals surface area contributed by atoms with Crippen LogP contribution in [0.25, 0.3) is 5.69 Å². The third-order valence-corrected chi connectivity index (χ3v) is 6.87. The Morgan fingerprint density at radius 2 is 1.68 bits per heavy atom. The third kappa shape index (κ3) is 5.70. The number of ether oxygens (including phenoxy) is 4. The standard InChI is InChI=1S/C28H37N7O5/c1-28(2,3)40-27(36)34-12-9-19-20(15-34)30-26(33-10-7-8-11-33)32-25(19)31-23-16-35(17-29-23)18-13-21(37-4)24(39-6)22(14-18)38-5/h13-14,16-17H,7-12,15H2,1-6H3,(H,30,31,32). The molecule has 2 aliphatic heterocycles. The molecule has 1 amide bonds. The molecule has 1 saturated heterocycles. The fraction of sp³-hybridized carbons (Fsp3) is 0.500. The van der Waals surface area contributed by atoms with Crippen molar-refractivity contribution in [2.24, 2.45) is 0 Å². The Kier molecular flexibility index (Phi) is 7.59. The Morgan fingerprint density at radius 3 is 2.30 bits per heavy atom. The normalized spacial score (nSPS) is 15.1. The van der Waals surface area contributed by atoms with E-state index in [-0.39, 0.29) is 6.09 Å². The first-order valence-corrected chi connectivity index (χ1v) is 13.4. The van der Waals surface area contributed by atoms with Crippen molar-refractivity contribution in [3.63, 3.8) is 0 Å². The summed E-state index contributed by atoms with van der Waals surface area (Å²) in [5, 5.41) is 3.42. The minimum atomic E-state index is -0.562. The van der Waals surface area contributed by atoms with Crippen molar-refractivity contribution in [3.8, 4) is 22.9 Å². The molecule has 2 aliphatic rings. The second-order valence-corrected chi connectivity index (χ2v) is 10.8. The molecule has 12 nitrogen and oxygen atoms in total. The number of nitrogens with one attached hydrogen (secondary N) is 1. The van der Waals surface area contributed by atoms with Crippen molar-refractivity contribution < 1.29 is 23.7 Å². The van der Waals surface area contributed by atoms with E-state index in [1.54, 1.807) is 32.6 Å². The van der Waals surface area contributed by atoms with Crippen molar-refractivity contribution in [2.75, 3.05) is 51.2 Å². The molecular weight excluding hydrogens is 514 g/mol. The Bertz CT molecular complexity index is 1350. The van der Waals surface area contributed by atoms with E-state index in [0.717, 1.165) is 42.9 Å². The summed E-state index contributed by atoms with van der Waals surface area (Å²) >= 11 is 0. The first-order valence-electron chi connectivity index (χ1n) is 13.4. The van der Waals surface area contributed by atoms with E-state index in [2.05, 4.69) is 15.2 Å². The Balaban J connectivity index is 1.44. The second-order valence-electron chi connectivity index (χ2n) is 10.8. The number of carbonyl (C=O) groups is 1. The van der Waals surface area contributed by atoms with Gasteiger partial charge in [0, 0.05) is 37.3 Å². The van der Waals surface area contributed by atoms with Crippen LogP contribution in [0.2, 0.25) is 0 Å². The number of aromatic nitrogens is 4. The SMILES string of the molecule is COc1cc(-n2cnc(Nc3nc(N4CCCC4)nc4c3CCN(C(=O)OC(C)(C)C)C4)c2)cc(OC)c1OC. The number of carbonyl (C=O) groups excluding carboxylic acids is 1. The fourth-order valence-corrected chi connectivity index (χ4v) is 4.93. The molecular formula is C28H37N7O5. The van der Waals surface area contributed by atoms with E-state index >= 15 is 0 Å². The maximum atomic E-state index is 12.8. The lowest BCUT2D eigenvalue weighted by Gasteiger charge is -2.32. The van der Waals surface area contributed by atoms with Crippen molar-refractivity contribution in [1.29, 1.82) is 0 Å². The van der Waals surface area contributed by atoms with Crippen molar-refractivity contribution in [3.05, 3.63) is 35.9 Å². The van der Waals surface area contributed by atoms with Gasteiger partial charge in [0.1, 0.15) is 23.6 Å². The monoisotopic (exact) mass is 551 g/mol. The van der Waals surface area contributed by atoms with Crippen LogP contribution in [0.5, 0.6) is 17.2 Å². The van der Waals surface area contributed by atoms with Gasteiger partial charge in [0.25, 0.3) is 0 Å². The van der Waals surface area contributed by atoms with Gasteiger partial charge in [-0.25, -0.2) is 14.8 Å². The average molecular weight is 552 g/mol. The number of hydrogen-bond acceptors (Lipinski definition) is 10. The van der Waals surface area contributed by atoms with Gasteiger partial charge >= 0.3 is 6.09 Å². The van der Waals surface area contributed by atoms with Crippen molar-refractivity contribution in [2.45, 2.75) is 52.2 Å². The maximum Gasteiger partial charge on any atom is 0.410 e.